The zero-order valence-electron chi connectivity index (χ0n) is 12.9. The Morgan fingerprint density at radius 3 is 3.08 bits per heavy atom. The third-order valence-corrected chi connectivity index (χ3v) is 5.37. The van der Waals surface area contributed by atoms with Crippen LogP contribution in [0.2, 0.25) is 0 Å². The molecule has 4 rings (SSSR count). The van der Waals surface area contributed by atoms with Gasteiger partial charge in [0.1, 0.15) is 12.2 Å². The van der Waals surface area contributed by atoms with Gasteiger partial charge in [0.05, 0.1) is 17.5 Å². The molecular weight excluding hydrogens is 331 g/mol. The van der Waals surface area contributed by atoms with Crippen LogP contribution in [-0.4, -0.2) is 47.2 Å². The Labute approximate surface area is 143 Å². The number of carbonyl (C=O) groups excluding carboxylic acids is 1. The Morgan fingerprint density at radius 1 is 1.38 bits per heavy atom. The van der Waals surface area contributed by atoms with Crippen molar-refractivity contribution < 1.29 is 18.7 Å². The topological polar surface area (TPSA) is 51.7 Å². The second kappa shape index (κ2) is 6.49. The smallest absolute Gasteiger partial charge is 0.264 e. The number of nitrogens with zero attached hydrogens (tertiary/aromatic N) is 2. The van der Waals surface area contributed by atoms with Crippen LogP contribution >= 0.6 is 11.3 Å². The van der Waals surface area contributed by atoms with E-state index in [0.29, 0.717) is 19.6 Å². The van der Waals surface area contributed by atoms with Crippen molar-refractivity contribution in [2.75, 3.05) is 13.2 Å². The standard InChI is InChI=1S/C17H17FN2O3S/c18-11-3-1-7-19-16(11)23-13-6-5-12-15(13)22-9-8-20(12)17(21)14-4-2-10-24-14/h1-4,7,10,12-13,15H,5-6,8-9H2/t12-,13+,15+/m0/s1. The van der Waals surface area contributed by atoms with Gasteiger partial charge in [-0.3, -0.25) is 4.79 Å². The first-order chi connectivity index (χ1) is 11.7. The molecule has 126 valence electrons. The van der Waals surface area contributed by atoms with Gasteiger partial charge in [-0.15, -0.1) is 11.3 Å². The molecule has 3 heterocycles. The number of aromatic nitrogens is 1. The van der Waals surface area contributed by atoms with Crippen molar-refractivity contribution in [1.82, 2.24) is 9.88 Å². The number of rotatable bonds is 3. The third kappa shape index (κ3) is 2.78. The average molecular weight is 348 g/mol. The highest BCUT2D eigenvalue weighted by Crippen LogP contribution is 2.34. The fraction of sp³-hybridized carbons (Fsp3) is 0.412. The van der Waals surface area contributed by atoms with Gasteiger partial charge in [-0.05, 0) is 36.4 Å². The fourth-order valence-electron chi connectivity index (χ4n) is 3.44. The summed E-state index contributed by atoms with van der Waals surface area (Å²) in [5.74, 6) is -0.454. The largest absolute Gasteiger partial charge is 0.469 e. The molecule has 1 amide bonds. The molecule has 2 aliphatic rings. The molecule has 3 atom stereocenters. The summed E-state index contributed by atoms with van der Waals surface area (Å²) in [4.78, 5) is 19.2. The van der Waals surface area contributed by atoms with Crippen LogP contribution in [0.15, 0.2) is 35.8 Å². The molecule has 0 aromatic carbocycles. The number of hydrogen-bond acceptors (Lipinski definition) is 5. The maximum Gasteiger partial charge on any atom is 0.264 e. The van der Waals surface area contributed by atoms with Gasteiger partial charge in [0.15, 0.2) is 5.82 Å². The molecule has 2 fully saturated rings. The van der Waals surface area contributed by atoms with Crippen LogP contribution in [0.25, 0.3) is 0 Å². The number of hydrogen-bond donors (Lipinski definition) is 0. The summed E-state index contributed by atoms with van der Waals surface area (Å²) < 4.78 is 25.4. The van der Waals surface area contributed by atoms with E-state index in [4.69, 9.17) is 9.47 Å². The molecular formula is C17H17FN2O3S. The summed E-state index contributed by atoms with van der Waals surface area (Å²) >= 11 is 1.44. The van der Waals surface area contributed by atoms with E-state index in [0.717, 1.165) is 11.3 Å². The van der Waals surface area contributed by atoms with E-state index in [2.05, 4.69) is 4.98 Å². The lowest BCUT2D eigenvalue weighted by molar-refractivity contribution is -0.0797. The molecule has 0 radical (unpaired) electrons. The van der Waals surface area contributed by atoms with E-state index in [-0.39, 0.29) is 30.0 Å². The minimum atomic E-state index is -0.483. The van der Waals surface area contributed by atoms with Gasteiger partial charge in [0.2, 0.25) is 0 Å². The maximum atomic E-state index is 13.8. The zero-order valence-corrected chi connectivity index (χ0v) is 13.7. The van der Waals surface area contributed by atoms with Crippen LogP contribution in [0.4, 0.5) is 4.39 Å². The van der Waals surface area contributed by atoms with E-state index in [1.54, 1.807) is 0 Å². The number of halogens is 1. The van der Waals surface area contributed by atoms with Crippen LogP contribution in [0, 0.1) is 5.82 Å². The number of carbonyl (C=O) groups is 1. The molecule has 1 aliphatic carbocycles. The van der Waals surface area contributed by atoms with Crippen molar-refractivity contribution in [1.29, 1.82) is 0 Å². The first kappa shape index (κ1) is 15.5. The summed E-state index contributed by atoms with van der Waals surface area (Å²) in [6, 6.07) is 6.52. The van der Waals surface area contributed by atoms with Gasteiger partial charge in [-0.2, -0.15) is 0 Å². The Morgan fingerprint density at radius 2 is 2.29 bits per heavy atom. The Bertz CT molecular complexity index is 724. The minimum absolute atomic E-state index is 0.00606. The zero-order chi connectivity index (χ0) is 16.5. The van der Waals surface area contributed by atoms with Gasteiger partial charge in [0.25, 0.3) is 11.8 Å². The molecule has 1 saturated carbocycles. The monoisotopic (exact) mass is 348 g/mol. The van der Waals surface area contributed by atoms with Crippen molar-refractivity contribution >= 4 is 17.2 Å². The van der Waals surface area contributed by atoms with Gasteiger partial charge in [0, 0.05) is 12.7 Å². The number of amides is 1. The predicted molar refractivity (Wildman–Crippen MR) is 86.7 cm³/mol. The molecule has 7 heteroatoms. The summed E-state index contributed by atoms with van der Waals surface area (Å²) in [6.07, 6.45) is 2.45. The summed E-state index contributed by atoms with van der Waals surface area (Å²) in [5.41, 5.74) is 0. The second-order valence-electron chi connectivity index (χ2n) is 5.90. The highest BCUT2D eigenvalue weighted by atomic mass is 32.1. The maximum absolute atomic E-state index is 13.8. The minimum Gasteiger partial charge on any atom is -0.469 e. The molecule has 0 unspecified atom stereocenters. The molecule has 0 bridgehead atoms. The second-order valence-corrected chi connectivity index (χ2v) is 6.85. The van der Waals surface area contributed by atoms with E-state index in [1.165, 1.54) is 29.7 Å². The van der Waals surface area contributed by atoms with Crippen molar-refractivity contribution in [2.24, 2.45) is 0 Å². The molecule has 2 aromatic rings. The van der Waals surface area contributed by atoms with Crippen LogP contribution in [0.5, 0.6) is 5.88 Å². The highest BCUT2D eigenvalue weighted by Gasteiger charge is 2.46. The normalized spacial score (nSPS) is 26.2. The van der Waals surface area contributed by atoms with Gasteiger partial charge in [-0.25, -0.2) is 9.37 Å². The van der Waals surface area contributed by atoms with Crippen LogP contribution in [0.3, 0.4) is 0 Å². The number of pyridine rings is 1. The van der Waals surface area contributed by atoms with Gasteiger partial charge >= 0.3 is 0 Å². The third-order valence-electron chi connectivity index (χ3n) is 4.52. The lowest BCUT2D eigenvalue weighted by atomic mass is 10.1. The molecule has 0 spiro atoms. The molecule has 24 heavy (non-hydrogen) atoms. The number of ether oxygens (including phenoxy) is 2. The first-order valence-corrected chi connectivity index (χ1v) is 8.85. The summed E-state index contributed by atoms with van der Waals surface area (Å²) in [7, 11) is 0. The van der Waals surface area contributed by atoms with E-state index < -0.39 is 5.82 Å². The summed E-state index contributed by atoms with van der Waals surface area (Å²) in [5, 5.41) is 1.90. The summed E-state index contributed by atoms with van der Waals surface area (Å²) in [6.45, 7) is 1.03. The SMILES string of the molecule is O=C(c1cccs1)N1CCO[C@H]2[C@H](Oc3ncccc3F)CC[C@@H]21. The molecule has 0 N–H and O–H groups in total. The molecule has 5 nitrogen and oxygen atoms in total. The molecule has 1 aliphatic heterocycles. The predicted octanol–water partition coefficient (Wildman–Crippen LogP) is 2.73. The van der Waals surface area contributed by atoms with Crippen molar-refractivity contribution in [3.63, 3.8) is 0 Å². The number of morpholine rings is 1. The highest BCUT2D eigenvalue weighted by molar-refractivity contribution is 7.12. The van der Waals surface area contributed by atoms with E-state index in [9.17, 15) is 9.18 Å². The van der Waals surface area contributed by atoms with Crippen LogP contribution in [0.1, 0.15) is 22.5 Å². The van der Waals surface area contributed by atoms with Crippen molar-refractivity contribution in [2.45, 2.75) is 31.1 Å². The Hall–Kier alpha value is -1.99. The lowest BCUT2D eigenvalue weighted by Gasteiger charge is -2.38. The lowest BCUT2D eigenvalue weighted by Crippen LogP contribution is -2.54. The Balaban J connectivity index is 1.50. The molecule has 2 aromatic heterocycles. The van der Waals surface area contributed by atoms with Crippen LogP contribution < -0.4 is 4.74 Å². The first-order valence-electron chi connectivity index (χ1n) is 7.97. The van der Waals surface area contributed by atoms with Gasteiger partial charge in [-0.1, -0.05) is 6.07 Å². The Kier molecular flexibility index (Phi) is 4.20. The fourth-order valence-corrected chi connectivity index (χ4v) is 4.12. The van der Waals surface area contributed by atoms with Gasteiger partial charge < -0.3 is 14.4 Å². The molecule has 1 saturated heterocycles. The van der Waals surface area contributed by atoms with Crippen molar-refractivity contribution in [3.8, 4) is 5.88 Å². The van der Waals surface area contributed by atoms with E-state index >= 15 is 0 Å². The quantitative estimate of drug-likeness (QED) is 0.856. The number of fused-ring (bicyclic) bond motifs is 1. The van der Waals surface area contributed by atoms with Crippen LogP contribution in [-0.2, 0) is 4.74 Å². The average Bonchev–Trinajstić information content (AvgIpc) is 3.26. The van der Waals surface area contributed by atoms with E-state index in [1.807, 2.05) is 22.4 Å². The van der Waals surface area contributed by atoms with Crippen molar-refractivity contribution in [3.05, 3.63) is 46.5 Å². The number of thiophene rings is 1.